The van der Waals surface area contributed by atoms with Crippen LogP contribution in [0, 0.1) is 5.82 Å². The topological polar surface area (TPSA) is 50.9 Å². The lowest BCUT2D eigenvalue weighted by atomic mass is 10.3. The fourth-order valence-electron chi connectivity index (χ4n) is 1.26. The number of hydrogen-bond acceptors (Lipinski definition) is 3. The first-order chi connectivity index (χ1) is 7.66. The number of nitrogen functional groups attached to an aromatic ring is 1. The van der Waals surface area contributed by atoms with Crippen molar-refractivity contribution in [3.8, 4) is 0 Å². The number of rotatable bonds is 2. The standard InChI is InChI=1S/C11H9BrFN3/c12-9-5-15-6-10(14)11(9)16-8-3-1-7(13)2-4-8/h1-6H,14H2,(H,15,16). The smallest absolute Gasteiger partial charge is 0.123 e. The SMILES string of the molecule is Nc1cncc(Br)c1Nc1ccc(F)cc1. The lowest BCUT2D eigenvalue weighted by molar-refractivity contribution is 0.628. The largest absolute Gasteiger partial charge is 0.396 e. The first-order valence-electron chi connectivity index (χ1n) is 4.58. The molecule has 0 unspecified atom stereocenters. The molecule has 2 aromatic rings. The molecule has 0 bridgehead atoms. The van der Waals surface area contributed by atoms with Crippen molar-refractivity contribution in [2.75, 3.05) is 11.1 Å². The summed E-state index contributed by atoms with van der Waals surface area (Å²) in [4.78, 5) is 3.93. The zero-order valence-electron chi connectivity index (χ0n) is 8.24. The molecule has 0 aliphatic rings. The van der Waals surface area contributed by atoms with Gasteiger partial charge in [-0.05, 0) is 40.2 Å². The van der Waals surface area contributed by atoms with Crippen molar-refractivity contribution in [2.24, 2.45) is 0 Å². The fourth-order valence-corrected chi connectivity index (χ4v) is 1.71. The van der Waals surface area contributed by atoms with E-state index >= 15 is 0 Å². The second-order valence-electron chi connectivity index (χ2n) is 3.22. The van der Waals surface area contributed by atoms with Crippen LogP contribution in [0.5, 0.6) is 0 Å². The van der Waals surface area contributed by atoms with E-state index in [-0.39, 0.29) is 5.82 Å². The Kier molecular flexibility index (Phi) is 3.05. The maximum Gasteiger partial charge on any atom is 0.123 e. The van der Waals surface area contributed by atoms with E-state index in [4.69, 9.17) is 5.73 Å². The Balaban J connectivity index is 2.30. The summed E-state index contributed by atoms with van der Waals surface area (Å²) in [6.45, 7) is 0. The summed E-state index contributed by atoms with van der Waals surface area (Å²) in [5, 5.41) is 3.09. The van der Waals surface area contributed by atoms with Crippen LogP contribution in [0.15, 0.2) is 41.1 Å². The van der Waals surface area contributed by atoms with Gasteiger partial charge in [0.2, 0.25) is 0 Å². The van der Waals surface area contributed by atoms with Crippen LogP contribution in [0.1, 0.15) is 0 Å². The van der Waals surface area contributed by atoms with E-state index in [1.807, 2.05) is 0 Å². The summed E-state index contributed by atoms with van der Waals surface area (Å²) >= 11 is 3.34. The Bertz CT molecular complexity index is 479. The molecule has 82 valence electrons. The second-order valence-corrected chi connectivity index (χ2v) is 4.07. The predicted octanol–water partition coefficient (Wildman–Crippen LogP) is 3.31. The molecule has 0 amide bonds. The van der Waals surface area contributed by atoms with E-state index in [0.29, 0.717) is 5.69 Å². The van der Waals surface area contributed by atoms with E-state index < -0.39 is 0 Å². The second kappa shape index (κ2) is 4.49. The first kappa shape index (κ1) is 10.9. The van der Waals surface area contributed by atoms with Crippen molar-refractivity contribution in [3.63, 3.8) is 0 Å². The van der Waals surface area contributed by atoms with Gasteiger partial charge in [0.15, 0.2) is 0 Å². The van der Waals surface area contributed by atoms with Crippen LogP contribution in [0.25, 0.3) is 0 Å². The number of aromatic nitrogens is 1. The summed E-state index contributed by atoms with van der Waals surface area (Å²) in [5.74, 6) is -0.271. The minimum Gasteiger partial charge on any atom is -0.396 e. The first-order valence-corrected chi connectivity index (χ1v) is 5.37. The van der Waals surface area contributed by atoms with E-state index in [1.54, 1.807) is 24.5 Å². The normalized spacial score (nSPS) is 10.1. The van der Waals surface area contributed by atoms with E-state index in [9.17, 15) is 4.39 Å². The zero-order chi connectivity index (χ0) is 11.5. The van der Waals surface area contributed by atoms with Crippen LogP contribution < -0.4 is 11.1 Å². The highest BCUT2D eigenvalue weighted by Gasteiger charge is 2.04. The number of benzene rings is 1. The van der Waals surface area contributed by atoms with Crippen LogP contribution in [0.3, 0.4) is 0 Å². The Morgan fingerprint density at radius 1 is 1.19 bits per heavy atom. The zero-order valence-corrected chi connectivity index (χ0v) is 9.83. The van der Waals surface area contributed by atoms with Crippen molar-refractivity contribution in [1.29, 1.82) is 0 Å². The van der Waals surface area contributed by atoms with Crippen LogP contribution in [-0.2, 0) is 0 Å². The molecule has 0 radical (unpaired) electrons. The van der Waals surface area contributed by atoms with Gasteiger partial charge in [-0.1, -0.05) is 0 Å². The molecule has 16 heavy (non-hydrogen) atoms. The molecule has 3 nitrogen and oxygen atoms in total. The Hall–Kier alpha value is -1.62. The minimum absolute atomic E-state index is 0.271. The Morgan fingerprint density at radius 3 is 2.50 bits per heavy atom. The Labute approximate surface area is 101 Å². The van der Waals surface area contributed by atoms with Crippen LogP contribution >= 0.6 is 15.9 Å². The van der Waals surface area contributed by atoms with Gasteiger partial charge in [-0.15, -0.1) is 0 Å². The summed E-state index contributed by atoms with van der Waals surface area (Å²) in [7, 11) is 0. The summed E-state index contributed by atoms with van der Waals surface area (Å²) in [5.41, 5.74) is 7.78. The lowest BCUT2D eigenvalue weighted by Gasteiger charge is -2.10. The lowest BCUT2D eigenvalue weighted by Crippen LogP contribution is -1.98. The molecule has 1 heterocycles. The van der Waals surface area contributed by atoms with Crippen molar-refractivity contribution in [3.05, 3.63) is 46.9 Å². The van der Waals surface area contributed by atoms with Crippen molar-refractivity contribution in [1.82, 2.24) is 4.98 Å². The molecule has 5 heteroatoms. The predicted molar refractivity (Wildman–Crippen MR) is 66.0 cm³/mol. The quantitative estimate of drug-likeness (QED) is 0.888. The van der Waals surface area contributed by atoms with Crippen molar-refractivity contribution >= 4 is 33.0 Å². The maximum absolute atomic E-state index is 12.7. The Morgan fingerprint density at radius 2 is 1.88 bits per heavy atom. The minimum atomic E-state index is -0.271. The van der Waals surface area contributed by atoms with Gasteiger partial charge in [0.25, 0.3) is 0 Å². The number of hydrogen-bond donors (Lipinski definition) is 2. The molecule has 1 aromatic heterocycles. The van der Waals surface area contributed by atoms with Gasteiger partial charge in [0, 0.05) is 11.9 Å². The molecular weight excluding hydrogens is 273 g/mol. The molecule has 0 aliphatic heterocycles. The molecule has 0 fully saturated rings. The maximum atomic E-state index is 12.7. The van der Waals surface area contributed by atoms with Crippen LogP contribution in [0.4, 0.5) is 21.5 Å². The van der Waals surface area contributed by atoms with Gasteiger partial charge < -0.3 is 11.1 Å². The molecule has 0 saturated heterocycles. The summed E-state index contributed by atoms with van der Waals surface area (Å²) in [6, 6.07) is 6.05. The number of nitrogens with zero attached hydrogens (tertiary/aromatic N) is 1. The van der Waals surface area contributed by atoms with Crippen molar-refractivity contribution in [2.45, 2.75) is 0 Å². The summed E-state index contributed by atoms with van der Waals surface area (Å²) in [6.07, 6.45) is 3.19. The number of nitrogens with two attached hydrogens (primary N) is 1. The third-order valence-corrected chi connectivity index (χ3v) is 2.64. The molecule has 0 saturated carbocycles. The highest BCUT2D eigenvalue weighted by Crippen LogP contribution is 2.30. The van der Waals surface area contributed by atoms with Crippen LogP contribution in [0.2, 0.25) is 0 Å². The molecule has 0 atom stereocenters. The van der Waals surface area contributed by atoms with Crippen molar-refractivity contribution < 1.29 is 4.39 Å². The fraction of sp³-hybridized carbons (Fsp3) is 0. The third-order valence-electron chi connectivity index (χ3n) is 2.04. The highest BCUT2D eigenvalue weighted by atomic mass is 79.9. The van der Waals surface area contributed by atoms with Crippen LogP contribution in [-0.4, -0.2) is 4.98 Å². The molecular formula is C11H9BrFN3. The van der Waals surface area contributed by atoms with E-state index in [0.717, 1.165) is 15.8 Å². The third kappa shape index (κ3) is 2.30. The summed E-state index contributed by atoms with van der Waals surface area (Å²) < 4.78 is 13.5. The average Bonchev–Trinajstić information content (AvgIpc) is 2.26. The highest BCUT2D eigenvalue weighted by molar-refractivity contribution is 9.10. The van der Waals surface area contributed by atoms with Gasteiger partial charge in [0.1, 0.15) is 5.82 Å². The van der Waals surface area contributed by atoms with Gasteiger partial charge in [0.05, 0.1) is 22.0 Å². The molecule has 2 rings (SSSR count). The number of halogens is 2. The monoisotopic (exact) mass is 281 g/mol. The molecule has 1 aromatic carbocycles. The van der Waals surface area contributed by atoms with Gasteiger partial charge in [-0.2, -0.15) is 0 Å². The average molecular weight is 282 g/mol. The van der Waals surface area contributed by atoms with E-state index in [1.165, 1.54) is 12.1 Å². The number of anilines is 3. The van der Waals surface area contributed by atoms with Gasteiger partial charge in [-0.25, -0.2) is 4.39 Å². The molecule has 0 aliphatic carbocycles. The number of pyridine rings is 1. The number of nitrogens with one attached hydrogen (secondary N) is 1. The van der Waals surface area contributed by atoms with Gasteiger partial charge >= 0.3 is 0 Å². The van der Waals surface area contributed by atoms with Gasteiger partial charge in [-0.3, -0.25) is 4.98 Å². The van der Waals surface area contributed by atoms with E-state index in [2.05, 4.69) is 26.2 Å². The molecule has 0 spiro atoms. The molecule has 3 N–H and O–H groups in total.